The van der Waals surface area contributed by atoms with Crippen LogP contribution in [0.2, 0.25) is 0 Å². The molecule has 0 radical (unpaired) electrons. The molecular weight excluding hydrogens is 218 g/mol. The summed E-state index contributed by atoms with van der Waals surface area (Å²) in [5.74, 6) is 0.313. The summed E-state index contributed by atoms with van der Waals surface area (Å²) in [4.78, 5) is 26.8. The fourth-order valence-corrected chi connectivity index (χ4v) is 2.50. The van der Waals surface area contributed by atoms with E-state index in [0.29, 0.717) is 25.4 Å². The predicted molar refractivity (Wildman–Crippen MR) is 64.1 cm³/mol. The summed E-state index contributed by atoms with van der Waals surface area (Å²) in [5, 5.41) is 0. The van der Waals surface area contributed by atoms with E-state index in [4.69, 9.17) is 5.73 Å². The highest BCUT2D eigenvalue weighted by Gasteiger charge is 2.35. The van der Waals surface area contributed by atoms with E-state index in [1.807, 2.05) is 0 Å². The zero-order valence-corrected chi connectivity index (χ0v) is 10.4. The standard InChI is InChI=1S/C12H21N3O2/c1-14-4-2-9(3-5-14)6-11(16)15-7-10(8-15)12(13)17/h9-10H,2-8H2,1H3,(H2,13,17). The van der Waals surface area contributed by atoms with Crippen molar-refractivity contribution in [2.75, 3.05) is 33.2 Å². The Morgan fingerprint density at radius 2 is 1.82 bits per heavy atom. The van der Waals surface area contributed by atoms with Crippen LogP contribution >= 0.6 is 0 Å². The number of rotatable bonds is 3. The van der Waals surface area contributed by atoms with E-state index >= 15 is 0 Å². The Hall–Kier alpha value is -1.10. The molecule has 0 atom stereocenters. The van der Waals surface area contributed by atoms with E-state index in [1.165, 1.54) is 0 Å². The number of hydrogen-bond acceptors (Lipinski definition) is 3. The van der Waals surface area contributed by atoms with Crippen LogP contribution in [-0.2, 0) is 9.59 Å². The molecule has 0 spiro atoms. The SMILES string of the molecule is CN1CCC(CC(=O)N2CC(C(N)=O)C2)CC1. The van der Waals surface area contributed by atoms with Crippen LogP contribution in [0.4, 0.5) is 0 Å². The van der Waals surface area contributed by atoms with Gasteiger partial charge in [0.2, 0.25) is 11.8 Å². The second kappa shape index (κ2) is 5.04. The van der Waals surface area contributed by atoms with E-state index in [1.54, 1.807) is 4.90 Å². The van der Waals surface area contributed by atoms with Gasteiger partial charge in [-0.05, 0) is 38.9 Å². The Morgan fingerprint density at radius 1 is 1.24 bits per heavy atom. The normalized spacial score (nSPS) is 23.5. The lowest BCUT2D eigenvalue weighted by molar-refractivity contribution is -0.142. The zero-order chi connectivity index (χ0) is 12.4. The average Bonchev–Trinajstić information content (AvgIpc) is 2.18. The molecule has 2 aliphatic rings. The molecule has 0 unspecified atom stereocenters. The van der Waals surface area contributed by atoms with Crippen molar-refractivity contribution in [1.29, 1.82) is 0 Å². The maximum Gasteiger partial charge on any atom is 0.224 e. The predicted octanol–water partition coefficient (Wildman–Crippen LogP) is -0.338. The Balaban J connectivity index is 1.70. The molecular formula is C12H21N3O2. The maximum absolute atomic E-state index is 11.9. The van der Waals surface area contributed by atoms with Gasteiger partial charge in [0, 0.05) is 19.5 Å². The number of likely N-dealkylation sites (tertiary alicyclic amines) is 2. The van der Waals surface area contributed by atoms with Crippen molar-refractivity contribution in [3.05, 3.63) is 0 Å². The fraction of sp³-hybridized carbons (Fsp3) is 0.833. The van der Waals surface area contributed by atoms with Gasteiger partial charge in [-0.1, -0.05) is 0 Å². The van der Waals surface area contributed by atoms with Crippen molar-refractivity contribution in [1.82, 2.24) is 9.80 Å². The summed E-state index contributed by atoms with van der Waals surface area (Å²) in [7, 11) is 2.12. The van der Waals surface area contributed by atoms with Crippen LogP contribution < -0.4 is 5.73 Å². The fourth-order valence-electron chi connectivity index (χ4n) is 2.50. The lowest BCUT2D eigenvalue weighted by Crippen LogP contribution is -2.55. The van der Waals surface area contributed by atoms with Gasteiger partial charge in [-0.25, -0.2) is 0 Å². The van der Waals surface area contributed by atoms with Gasteiger partial charge in [0.1, 0.15) is 0 Å². The monoisotopic (exact) mass is 239 g/mol. The first-order valence-corrected chi connectivity index (χ1v) is 6.32. The van der Waals surface area contributed by atoms with Gasteiger partial charge in [0.05, 0.1) is 5.92 Å². The van der Waals surface area contributed by atoms with Gasteiger partial charge >= 0.3 is 0 Å². The maximum atomic E-state index is 11.9. The Labute approximate surface area is 102 Å². The number of nitrogens with two attached hydrogens (primary N) is 1. The van der Waals surface area contributed by atoms with Crippen LogP contribution in [0.3, 0.4) is 0 Å². The molecule has 0 aromatic carbocycles. The first-order chi connectivity index (χ1) is 8.06. The second-order valence-electron chi connectivity index (χ2n) is 5.35. The average molecular weight is 239 g/mol. The molecule has 0 bridgehead atoms. The zero-order valence-electron chi connectivity index (χ0n) is 10.4. The molecule has 0 aromatic heterocycles. The van der Waals surface area contributed by atoms with Gasteiger partial charge < -0.3 is 15.5 Å². The van der Waals surface area contributed by atoms with Crippen molar-refractivity contribution in [2.45, 2.75) is 19.3 Å². The Kier molecular flexibility index (Phi) is 3.66. The van der Waals surface area contributed by atoms with Crippen LogP contribution in [0.15, 0.2) is 0 Å². The summed E-state index contributed by atoms with van der Waals surface area (Å²) in [5.41, 5.74) is 5.18. The first-order valence-electron chi connectivity index (χ1n) is 6.32. The molecule has 5 heteroatoms. The lowest BCUT2D eigenvalue weighted by Gasteiger charge is -2.38. The molecule has 5 nitrogen and oxygen atoms in total. The number of amides is 2. The molecule has 0 aliphatic carbocycles. The summed E-state index contributed by atoms with van der Waals surface area (Å²) in [6.45, 7) is 3.23. The third-order valence-electron chi connectivity index (χ3n) is 3.94. The van der Waals surface area contributed by atoms with Gasteiger partial charge in [-0.2, -0.15) is 0 Å². The summed E-state index contributed by atoms with van der Waals surface area (Å²) >= 11 is 0. The van der Waals surface area contributed by atoms with Crippen molar-refractivity contribution in [3.8, 4) is 0 Å². The molecule has 96 valence electrons. The smallest absolute Gasteiger partial charge is 0.224 e. The van der Waals surface area contributed by atoms with E-state index in [2.05, 4.69) is 11.9 Å². The van der Waals surface area contributed by atoms with Crippen LogP contribution in [0.5, 0.6) is 0 Å². The third kappa shape index (κ3) is 2.97. The summed E-state index contributed by atoms with van der Waals surface area (Å²) in [6.07, 6.45) is 2.85. The van der Waals surface area contributed by atoms with Crippen LogP contribution in [0.1, 0.15) is 19.3 Å². The summed E-state index contributed by atoms with van der Waals surface area (Å²) in [6, 6.07) is 0. The minimum atomic E-state index is -0.284. The molecule has 2 rings (SSSR count). The van der Waals surface area contributed by atoms with Gasteiger partial charge in [-0.3, -0.25) is 9.59 Å². The van der Waals surface area contributed by atoms with Crippen molar-refractivity contribution in [2.24, 2.45) is 17.6 Å². The van der Waals surface area contributed by atoms with Gasteiger partial charge in [0.25, 0.3) is 0 Å². The van der Waals surface area contributed by atoms with Crippen molar-refractivity contribution >= 4 is 11.8 Å². The molecule has 17 heavy (non-hydrogen) atoms. The third-order valence-corrected chi connectivity index (χ3v) is 3.94. The van der Waals surface area contributed by atoms with Crippen LogP contribution in [0, 0.1) is 11.8 Å². The quantitative estimate of drug-likeness (QED) is 0.733. The molecule has 0 aromatic rings. The van der Waals surface area contributed by atoms with E-state index in [9.17, 15) is 9.59 Å². The molecule has 2 heterocycles. The highest BCUT2D eigenvalue weighted by Crippen LogP contribution is 2.23. The highest BCUT2D eigenvalue weighted by atomic mass is 16.2. The number of hydrogen-bond donors (Lipinski definition) is 1. The van der Waals surface area contributed by atoms with E-state index < -0.39 is 0 Å². The number of nitrogens with zero attached hydrogens (tertiary/aromatic N) is 2. The second-order valence-corrected chi connectivity index (χ2v) is 5.35. The van der Waals surface area contributed by atoms with Crippen LogP contribution in [-0.4, -0.2) is 54.8 Å². The van der Waals surface area contributed by atoms with Crippen molar-refractivity contribution in [3.63, 3.8) is 0 Å². The minimum Gasteiger partial charge on any atom is -0.369 e. The number of carbonyl (C=O) groups excluding carboxylic acids is 2. The number of piperidine rings is 1. The van der Waals surface area contributed by atoms with Gasteiger partial charge in [0.15, 0.2) is 0 Å². The largest absolute Gasteiger partial charge is 0.369 e. The summed E-state index contributed by atoms with van der Waals surface area (Å²) < 4.78 is 0. The molecule has 2 saturated heterocycles. The van der Waals surface area contributed by atoms with Crippen molar-refractivity contribution < 1.29 is 9.59 Å². The van der Waals surface area contributed by atoms with E-state index in [-0.39, 0.29) is 17.7 Å². The lowest BCUT2D eigenvalue weighted by atomic mass is 9.91. The molecule has 2 N–H and O–H groups in total. The molecule has 2 aliphatic heterocycles. The molecule has 0 saturated carbocycles. The van der Waals surface area contributed by atoms with E-state index in [0.717, 1.165) is 25.9 Å². The van der Waals surface area contributed by atoms with Crippen LogP contribution in [0.25, 0.3) is 0 Å². The minimum absolute atomic E-state index is 0.114. The molecule has 2 amide bonds. The molecule has 2 fully saturated rings. The number of primary amides is 1. The van der Waals surface area contributed by atoms with Gasteiger partial charge in [-0.15, -0.1) is 0 Å². The Morgan fingerprint density at radius 3 is 2.35 bits per heavy atom. The number of carbonyl (C=O) groups is 2. The Bertz CT molecular complexity index is 305. The first kappa shape index (κ1) is 12.4. The topological polar surface area (TPSA) is 66.6 Å². The highest BCUT2D eigenvalue weighted by molar-refractivity contribution is 5.83.